The molecule has 1 aromatic heterocycles. The van der Waals surface area contributed by atoms with Crippen molar-refractivity contribution in [1.29, 1.82) is 0 Å². The zero-order valence-electron chi connectivity index (χ0n) is 9.69. The molecule has 17 heavy (non-hydrogen) atoms. The summed E-state index contributed by atoms with van der Waals surface area (Å²) >= 11 is 9.65. The van der Waals surface area contributed by atoms with Gasteiger partial charge in [0.1, 0.15) is 5.69 Å². The third-order valence-electron chi connectivity index (χ3n) is 2.54. The van der Waals surface area contributed by atoms with Crippen molar-refractivity contribution in [2.45, 2.75) is 25.6 Å². The standard InChI is InChI=1S/C12H13BrClN3/c1-3-10(14)11-7-17(16-15-11)12-5-4-8(2)6-9(12)13/h4-7,10H,3H2,1-2H3. The van der Waals surface area contributed by atoms with Crippen LogP contribution in [0.25, 0.3) is 5.69 Å². The van der Waals surface area contributed by atoms with E-state index >= 15 is 0 Å². The molecule has 5 heteroatoms. The van der Waals surface area contributed by atoms with Crippen LogP contribution in [0.15, 0.2) is 28.9 Å². The fraction of sp³-hybridized carbons (Fsp3) is 0.333. The van der Waals surface area contributed by atoms with Crippen molar-refractivity contribution in [3.63, 3.8) is 0 Å². The highest BCUT2D eigenvalue weighted by Crippen LogP contribution is 2.25. The summed E-state index contributed by atoms with van der Waals surface area (Å²) in [7, 11) is 0. The van der Waals surface area contributed by atoms with Crippen molar-refractivity contribution in [2.24, 2.45) is 0 Å². The van der Waals surface area contributed by atoms with Crippen LogP contribution in [-0.2, 0) is 0 Å². The molecular weight excluding hydrogens is 302 g/mol. The zero-order valence-corrected chi connectivity index (χ0v) is 12.0. The van der Waals surface area contributed by atoms with Gasteiger partial charge in [-0.2, -0.15) is 0 Å². The number of benzene rings is 1. The lowest BCUT2D eigenvalue weighted by Crippen LogP contribution is -1.96. The molecule has 0 aliphatic heterocycles. The van der Waals surface area contributed by atoms with E-state index in [1.54, 1.807) is 4.68 Å². The molecule has 0 saturated heterocycles. The Morgan fingerprint density at radius 2 is 2.24 bits per heavy atom. The molecule has 0 aliphatic carbocycles. The van der Waals surface area contributed by atoms with Gasteiger partial charge in [-0.3, -0.25) is 0 Å². The van der Waals surface area contributed by atoms with Crippen molar-refractivity contribution >= 4 is 27.5 Å². The van der Waals surface area contributed by atoms with Crippen LogP contribution in [0, 0.1) is 6.92 Å². The molecule has 1 heterocycles. The first-order valence-corrected chi connectivity index (χ1v) is 6.67. The molecule has 2 rings (SSSR count). The van der Waals surface area contributed by atoms with Crippen LogP contribution in [0.3, 0.4) is 0 Å². The minimum Gasteiger partial charge on any atom is -0.219 e. The van der Waals surface area contributed by atoms with Crippen LogP contribution >= 0.6 is 27.5 Å². The number of alkyl halides is 1. The highest BCUT2D eigenvalue weighted by molar-refractivity contribution is 9.10. The summed E-state index contributed by atoms with van der Waals surface area (Å²) in [4.78, 5) is 0. The van der Waals surface area contributed by atoms with Gasteiger partial charge in [0.05, 0.1) is 17.3 Å². The maximum Gasteiger partial charge on any atom is 0.101 e. The molecule has 0 saturated carbocycles. The first-order chi connectivity index (χ1) is 8.11. The van der Waals surface area contributed by atoms with E-state index in [0.29, 0.717) is 0 Å². The second-order valence-electron chi connectivity index (χ2n) is 3.92. The molecule has 2 aromatic rings. The molecule has 0 bridgehead atoms. The number of nitrogens with zero attached hydrogens (tertiary/aromatic N) is 3. The van der Waals surface area contributed by atoms with Crippen molar-refractivity contribution in [2.75, 3.05) is 0 Å². The van der Waals surface area contributed by atoms with Gasteiger partial charge >= 0.3 is 0 Å². The Balaban J connectivity index is 2.37. The summed E-state index contributed by atoms with van der Waals surface area (Å²) in [6.07, 6.45) is 2.71. The van der Waals surface area contributed by atoms with E-state index in [2.05, 4.69) is 32.3 Å². The van der Waals surface area contributed by atoms with Gasteiger partial charge < -0.3 is 0 Å². The van der Waals surface area contributed by atoms with Crippen LogP contribution in [0.1, 0.15) is 30.0 Å². The molecule has 0 N–H and O–H groups in total. The minimum atomic E-state index is -0.0760. The van der Waals surface area contributed by atoms with Crippen molar-refractivity contribution in [1.82, 2.24) is 15.0 Å². The number of hydrogen-bond donors (Lipinski definition) is 0. The SMILES string of the molecule is CCC(Cl)c1cn(-c2ccc(C)cc2Br)nn1. The molecule has 0 aliphatic rings. The maximum absolute atomic E-state index is 6.13. The smallest absolute Gasteiger partial charge is 0.101 e. The summed E-state index contributed by atoms with van der Waals surface area (Å²) in [5.41, 5.74) is 2.97. The summed E-state index contributed by atoms with van der Waals surface area (Å²) in [5, 5.41) is 8.11. The molecule has 0 radical (unpaired) electrons. The molecule has 90 valence electrons. The summed E-state index contributed by atoms with van der Waals surface area (Å²) in [6, 6.07) is 6.10. The lowest BCUT2D eigenvalue weighted by molar-refractivity contribution is 0.783. The Morgan fingerprint density at radius 3 is 2.88 bits per heavy atom. The fourth-order valence-electron chi connectivity index (χ4n) is 1.54. The molecular formula is C12H13BrClN3. The third kappa shape index (κ3) is 2.69. The van der Waals surface area contributed by atoms with Gasteiger partial charge in [0.25, 0.3) is 0 Å². The van der Waals surface area contributed by atoms with Gasteiger partial charge in [0.2, 0.25) is 0 Å². The normalized spacial score (nSPS) is 12.7. The van der Waals surface area contributed by atoms with Gasteiger partial charge in [-0.1, -0.05) is 18.2 Å². The predicted octanol–water partition coefficient (Wildman–Crippen LogP) is 4.03. The van der Waals surface area contributed by atoms with E-state index in [4.69, 9.17) is 11.6 Å². The van der Waals surface area contributed by atoms with Crippen LogP contribution < -0.4 is 0 Å². The molecule has 1 atom stereocenters. The second-order valence-corrected chi connectivity index (χ2v) is 5.30. The Morgan fingerprint density at radius 1 is 1.47 bits per heavy atom. The third-order valence-corrected chi connectivity index (χ3v) is 3.71. The van der Waals surface area contributed by atoms with Gasteiger partial charge in [0, 0.05) is 4.47 Å². The van der Waals surface area contributed by atoms with E-state index in [1.165, 1.54) is 5.56 Å². The first-order valence-electron chi connectivity index (χ1n) is 5.44. The molecule has 0 spiro atoms. The maximum atomic E-state index is 6.13. The monoisotopic (exact) mass is 313 g/mol. The second kappa shape index (κ2) is 5.19. The van der Waals surface area contributed by atoms with E-state index in [-0.39, 0.29) is 5.38 Å². The topological polar surface area (TPSA) is 30.7 Å². The summed E-state index contributed by atoms with van der Waals surface area (Å²) < 4.78 is 2.74. The molecule has 1 aromatic carbocycles. The van der Waals surface area contributed by atoms with E-state index in [1.807, 2.05) is 32.2 Å². The molecule has 3 nitrogen and oxygen atoms in total. The van der Waals surface area contributed by atoms with Crippen molar-refractivity contribution in [3.05, 3.63) is 40.1 Å². The Hall–Kier alpha value is -0.870. The quantitative estimate of drug-likeness (QED) is 0.801. The van der Waals surface area contributed by atoms with Crippen LogP contribution in [-0.4, -0.2) is 15.0 Å². The minimum absolute atomic E-state index is 0.0760. The van der Waals surface area contributed by atoms with Crippen LogP contribution in [0.4, 0.5) is 0 Å². The van der Waals surface area contributed by atoms with Gasteiger partial charge in [-0.25, -0.2) is 4.68 Å². The van der Waals surface area contributed by atoms with E-state index < -0.39 is 0 Å². The number of rotatable bonds is 3. The van der Waals surface area contributed by atoms with Gasteiger partial charge in [0.15, 0.2) is 0 Å². The summed E-state index contributed by atoms with van der Waals surface area (Å²) in [5.74, 6) is 0. The lowest BCUT2D eigenvalue weighted by Gasteiger charge is -2.04. The fourth-order valence-corrected chi connectivity index (χ4v) is 2.32. The van der Waals surface area contributed by atoms with Crippen LogP contribution in [0.2, 0.25) is 0 Å². The Labute approximate surface area is 114 Å². The number of aromatic nitrogens is 3. The zero-order chi connectivity index (χ0) is 12.4. The van der Waals surface area contributed by atoms with Crippen molar-refractivity contribution < 1.29 is 0 Å². The molecule has 1 unspecified atom stereocenters. The van der Waals surface area contributed by atoms with E-state index in [9.17, 15) is 0 Å². The highest BCUT2D eigenvalue weighted by atomic mass is 79.9. The average Bonchev–Trinajstić information content (AvgIpc) is 2.77. The number of hydrogen-bond acceptors (Lipinski definition) is 2. The number of halogens is 2. The molecule has 0 fully saturated rings. The first kappa shape index (κ1) is 12.6. The Kier molecular flexibility index (Phi) is 3.84. The van der Waals surface area contributed by atoms with Crippen molar-refractivity contribution in [3.8, 4) is 5.69 Å². The van der Waals surface area contributed by atoms with Crippen LogP contribution in [0.5, 0.6) is 0 Å². The number of aryl methyl sites for hydroxylation is 1. The Bertz CT molecular complexity index is 524. The predicted molar refractivity (Wildman–Crippen MR) is 72.7 cm³/mol. The highest BCUT2D eigenvalue weighted by Gasteiger charge is 2.11. The largest absolute Gasteiger partial charge is 0.219 e. The average molecular weight is 315 g/mol. The molecule has 0 amide bonds. The lowest BCUT2D eigenvalue weighted by atomic mass is 10.2. The van der Waals surface area contributed by atoms with Gasteiger partial charge in [-0.15, -0.1) is 16.7 Å². The van der Waals surface area contributed by atoms with Gasteiger partial charge in [-0.05, 0) is 47.0 Å². The summed E-state index contributed by atoms with van der Waals surface area (Å²) in [6.45, 7) is 4.08. The van der Waals surface area contributed by atoms with E-state index in [0.717, 1.165) is 22.3 Å².